The molecule has 0 atom stereocenters. The number of ether oxygens (including phenoxy) is 2. The molecule has 0 bridgehead atoms. The molecule has 0 fully saturated rings. The van der Waals surface area contributed by atoms with E-state index in [9.17, 15) is 4.79 Å². The number of methoxy groups -OCH3 is 1. The molecule has 3 N–H and O–H groups in total. The summed E-state index contributed by atoms with van der Waals surface area (Å²) in [5.74, 6) is 1.81. The second-order valence-corrected chi connectivity index (χ2v) is 6.32. The molecule has 0 unspecified atom stereocenters. The van der Waals surface area contributed by atoms with Gasteiger partial charge in [-0.15, -0.1) is 0 Å². The lowest BCUT2D eigenvalue weighted by Crippen LogP contribution is -2.22. The first-order valence-electron chi connectivity index (χ1n) is 8.43. The summed E-state index contributed by atoms with van der Waals surface area (Å²) in [5, 5.41) is 2.88. The minimum atomic E-state index is -0.163. The number of hydrogen-bond acceptors (Lipinski definition) is 4. The Bertz CT molecular complexity index is 714. The highest BCUT2D eigenvalue weighted by Gasteiger charge is 2.09. The van der Waals surface area contributed by atoms with E-state index in [1.165, 1.54) is 0 Å². The molecule has 0 aliphatic carbocycles. The van der Waals surface area contributed by atoms with E-state index in [0.717, 1.165) is 12.0 Å². The van der Waals surface area contributed by atoms with Crippen molar-refractivity contribution >= 4 is 11.6 Å². The summed E-state index contributed by atoms with van der Waals surface area (Å²) in [6.45, 7) is 5.37. The summed E-state index contributed by atoms with van der Waals surface area (Å²) in [6, 6.07) is 12.6. The van der Waals surface area contributed by atoms with Crippen LogP contribution in [-0.2, 0) is 6.54 Å². The maximum atomic E-state index is 12.2. The van der Waals surface area contributed by atoms with Gasteiger partial charge < -0.3 is 20.5 Å². The highest BCUT2D eigenvalue weighted by Crippen LogP contribution is 2.28. The van der Waals surface area contributed by atoms with Crippen molar-refractivity contribution in [2.75, 3.05) is 19.5 Å². The molecule has 5 heteroatoms. The number of nitrogens with one attached hydrogen (secondary N) is 1. The fourth-order valence-electron chi connectivity index (χ4n) is 2.31. The summed E-state index contributed by atoms with van der Waals surface area (Å²) in [5.41, 5.74) is 7.75. The second kappa shape index (κ2) is 8.97. The van der Waals surface area contributed by atoms with Gasteiger partial charge in [-0.1, -0.05) is 26.0 Å². The first-order valence-corrected chi connectivity index (χ1v) is 8.43. The van der Waals surface area contributed by atoms with Crippen molar-refractivity contribution in [3.63, 3.8) is 0 Å². The summed E-state index contributed by atoms with van der Waals surface area (Å²) >= 11 is 0. The van der Waals surface area contributed by atoms with E-state index in [2.05, 4.69) is 19.2 Å². The smallest absolute Gasteiger partial charge is 0.251 e. The lowest BCUT2D eigenvalue weighted by atomic mass is 10.1. The quantitative estimate of drug-likeness (QED) is 0.719. The molecule has 2 aromatic carbocycles. The van der Waals surface area contributed by atoms with Crippen LogP contribution in [0.4, 0.5) is 5.69 Å². The third kappa shape index (κ3) is 5.71. The molecule has 5 nitrogen and oxygen atoms in total. The fraction of sp³-hybridized carbons (Fsp3) is 0.350. The normalized spacial score (nSPS) is 10.6. The number of nitrogens with two attached hydrogens (primary N) is 1. The Balaban J connectivity index is 1.97. The van der Waals surface area contributed by atoms with Crippen LogP contribution >= 0.6 is 0 Å². The molecule has 134 valence electrons. The SMILES string of the molecule is COc1cc(CNC(=O)c2cccc(N)c2)ccc1OCCC(C)C. The van der Waals surface area contributed by atoms with E-state index < -0.39 is 0 Å². The average Bonchev–Trinajstić information content (AvgIpc) is 2.60. The number of benzene rings is 2. The monoisotopic (exact) mass is 342 g/mol. The molecule has 1 amide bonds. The second-order valence-electron chi connectivity index (χ2n) is 6.32. The molecule has 2 aromatic rings. The van der Waals surface area contributed by atoms with Crippen molar-refractivity contribution in [3.05, 3.63) is 53.6 Å². The highest BCUT2D eigenvalue weighted by molar-refractivity contribution is 5.94. The fourth-order valence-corrected chi connectivity index (χ4v) is 2.31. The molecule has 0 aromatic heterocycles. The van der Waals surface area contributed by atoms with Crippen LogP contribution in [0.3, 0.4) is 0 Å². The summed E-state index contributed by atoms with van der Waals surface area (Å²) < 4.78 is 11.2. The van der Waals surface area contributed by atoms with Crippen LogP contribution < -0.4 is 20.5 Å². The van der Waals surface area contributed by atoms with E-state index >= 15 is 0 Å². The van der Waals surface area contributed by atoms with Gasteiger partial charge in [-0.25, -0.2) is 0 Å². The van der Waals surface area contributed by atoms with Gasteiger partial charge in [0.2, 0.25) is 0 Å². The number of nitrogen functional groups attached to an aromatic ring is 1. The molecule has 2 rings (SSSR count). The Morgan fingerprint density at radius 1 is 1.16 bits per heavy atom. The van der Waals surface area contributed by atoms with Gasteiger partial charge in [0.25, 0.3) is 5.91 Å². The summed E-state index contributed by atoms with van der Waals surface area (Å²) in [6.07, 6.45) is 0.987. The highest BCUT2D eigenvalue weighted by atomic mass is 16.5. The van der Waals surface area contributed by atoms with Crippen LogP contribution in [0.25, 0.3) is 0 Å². The van der Waals surface area contributed by atoms with Crippen molar-refractivity contribution in [2.45, 2.75) is 26.8 Å². The van der Waals surface area contributed by atoms with E-state index in [4.69, 9.17) is 15.2 Å². The van der Waals surface area contributed by atoms with Gasteiger partial charge in [0.1, 0.15) is 0 Å². The first-order chi connectivity index (χ1) is 12.0. The van der Waals surface area contributed by atoms with Gasteiger partial charge in [-0.05, 0) is 48.2 Å². The maximum Gasteiger partial charge on any atom is 0.251 e. The summed E-state index contributed by atoms with van der Waals surface area (Å²) in [4.78, 5) is 12.2. The zero-order valence-corrected chi connectivity index (χ0v) is 15.0. The standard InChI is InChI=1S/C20H26N2O3/c1-14(2)9-10-25-18-8-7-15(11-19(18)24-3)13-22-20(23)16-5-4-6-17(21)12-16/h4-8,11-12,14H,9-10,13,21H2,1-3H3,(H,22,23). The lowest BCUT2D eigenvalue weighted by Gasteiger charge is -2.13. The first kappa shape index (κ1) is 18.6. The third-order valence-corrected chi connectivity index (χ3v) is 3.78. The Morgan fingerprint density at radius 2 is 1.96 bits per heavy atom. The zero-order chi connectivity index (χ0) is 18.2. The van der Waals surface area contributed by atoms with Crippen molar-refractivity contribution < 1.29 is 14.3 Å². The molecule has 0 spiro atoms. The van der Waals surface area contributed by atoms with Crippen molar-refractivity contribution in [2.24, 2.45) is 5.92 Å². The molecule has 0 aliphatic heterocycles. The molecular weight excluding hydrogens is 316 g/mol. The van der Waals surface area contributed by atoms with Gasteiger partial charge in [-0.2, -0.15) is 0 Å². The van der Waals surface area contributed by atoms with E-state index in [1.807, 2.05) is 18.2 Å². The van der Waals surface area contributed by atoms with Crippen LogP contribution in [0.15, 0.2) is 42.5 Å². The predicted molar refractivity (Wildman–Crippen MR) is 100.0 cm³/mol. The molecule has 0 saturated heterocycles. The molecule has 0 aliphatic rings. The van der Waals surface area contributed by atoms with E-state index in [0.29, 0.717) is 41.8 Å². The molecule has 0 heterocycles. The minimum Gasteiger partial charge on any atom is -0.493 e. The van der Waals surface area contributed by atoms with Gasteiger partial charge in [0, 0.05) is 17.8 Å². The van der Waals surface area contributed by atoms with Crippen molar-refractivity contribution in [1.29, 1.82) is 0 Å². The Morgan fingerprint density at radius 3 is 2.64 bits per heavy atom. The van der Waals surface area contributed by atoms with Gasteiger partial charge in [0.05, 0.1) is 13.7 Å². The third-order valence-electron chi connectivity index (χ3n) is 3.78. The Kier molecular flexibility index (Phi) is 6.69. The number of anilines is 1. The van der Waals surface area contributed by atoms with E-state index in [-0.39, 0.29) is 5.91 Å². The molecule has 0 saturated carbocycles. The van der Waals surface area contributed by atoms with Crippen molar-refractivity contribution in [1.82, 2.24) is 5.32 Å². The van der Waals surface area contributed by atoms with Gasteiger partial charge >= 0.3 is 0 Å². The Hall–Kier alpha value is -2.69. The molecule has 25 heavy (non-hydrogen) atoms. The predicted octanol–water partition coefficient (Wildman–Crippen LogP) is 3.63. The molecule has 0 radical (unpaired) electrons. The zero-order valence-electron chi connectivity index (χ0n) is 15.0. The van der Waals surface area contributed by atoms with Crippen LogP contribution in [0.1, 0.15) is 36.2 Å². The maximum absolute atomic E-state index is 12.2. The Labute approximate surface area is 149 Å². The van der Waals surface area contributed by atoms with Crippen LogP contribution in [0, 0.1) is 5.92 Å². The van der Waals surface area contributed by atoms with Gasteiger partial charge in [0.15, 0.2) is 11.5 Å². The lowest BCUT2D eigenvalue weighted by molar-refractivity contribution is 0.0951. The number of amides is 1. The largest absolute Gasteiger partial charge is 0.493 e. The van der Waals surface area contributed by atoms with Crippen LogP contribution in [0.5, 0.6) is 11.5 Å². The van der Waals surface area contributed by atoms with E-state index in [1.54, 1.807) is 31.4 Å². The topological polar surface area (TPSA) is 73.6 Å². The van der Waals surface area contributed by atoms with Gasteiger partial charge in [-0.3, -0.25) is 4.79 Å². The molecular formula is C20H26N2O3. The minimum absolute atomic E-state index is 0.163. The number of carbonyl (C=O) groups excluding carboxylic acids is 1. The number of carbonyl (C=O) groups is 1. The number of rotatable bonds is 8. The van der Waals surface area contributed by atoms with Crippen LogP contribution in [-0.4, -0.2) is 19.6 Å². The average molecular weight is 342 g/mol. The van der Waals surface area contributed by atoms with Crippen LogP contribution in [0.2, 0.25) is 0 Å². The number of hydrogen-bond donors (Lipinski definition) is 2. The summed E-state index contributed by atoms with van der Waals surface area (Å²) in [7, 11) is 1.61. The van der Waals surface area contributed by atoms with Crippen molar-refractivity contribution in [3.8, 4) is 11.5 Å².